The molecule has 0 aliphatic rings. The number of benzene rings is 1. The average molecular weight is 223 g/mol. The summed E-state index contributed by atoms with van der Waals surface area (Å²) < 4.78 is 0. The molecule has 0 atom stereocenters. The highest BCUT2D eigenvalue weighted by Crippen LogP contribution is 2.21. The first-order valence-corrected chi connectivity index (χ1v) is 5.04. The molecule has 0 fully saturated rings. The molecule has 0 aromatic heterocycles. The van der Waals surface area contributed by atoms with Crippen molar-refractivity contribution >= 4 is 23.6 Å². The number of nitrogens with zero attached hydrogens (tertiary/aromatic N) is 2. The Morgan fingerprint density at radius 1 is 1.47 bits per heavy atom. The molecule has 1 aromatic carbocycles. The van der Waals surface area contributed by atoms with Gasteiger partial charge in [-0.15, -0.1) is 0 Å². The van der Waals surface area contributed by atoms with Gasteiger partial charge < -0.3 is 4.90 Å². The maximum absolute atomic E-state index is 5.87. The molecule has 0 saturated heterocycles. The molecule has 80 valence electrons. The van der Waals surface area contributed by atoms with Crippen LogP contribution in [0.25, 0.3) is 5.70 Å². The van der Waals surface area contributed by atoms with E-state index in [-0.39, 0.29) is 0 Å². The van der Waals surface area contributed by atoms with E-state index < -0.39 is 0 Å². The van der Waals surface area contributed by atoms with Crippen molar-refractivity contribution in [3.05, 3.63) is 40.9 Å². The van der Waals surface area contributed by atoms with Gasteiger partial charge in [0.1, 0.15) is 0 Å². The van der Waals surface area contributed by atoms with Crippen molar-refractivity contribution in [2.24, 2.45) is 4.99 Å². The Balaban J connectivity index is 2.92. The minimum atomic E-state index is 0.737. The Labute approximate surface area is 95.9 Å². The molecule has 0 aliphatic heterocycles. The molecule has 0 aliphatic carbocycles. The monoisotopic (exact) mass is 222 g/mol. The van der Waals surface area contributed by atoms with Crippen LogP contribution in [0.3, 0.4) is 0 Å². The largest absolute Gasteiger partial charge is 0.369 e. The fourth-order valence-electron chi connectivity index (χ4n) is 1.21. The van der Waals surface area contributed by atoms with Crippen molar-refractivity contribution in [3.63, 3.8) is 0 Å². The first-order chi connectivity index (χ1) is 7.00. The Morgan fingerprint density at radius 2 is 2.13 bits per heavy atom. The van der Waals surface area contributed by atoms with Gasteiger partial charge in [-0.25, -0.2) is 4.99 Å². The molecule has 0 radical (unpaired) electrons. The van der Waals surface area contributed by atoms with Gasteiger partial charge in [0.05, 0.1) is 12.0 Å². The van der Waals surface area contributed by atoms with Gasteiger partial charge in [0.15, 0.2) is 0 Å². The molecule has 0 unspecified atom stereocenters. The quantitative estimate of drug-likeness (QED) is 0.567. The second-order valence-corrected chi connectivity index (χ2v) is 4.05. The Kier molecular flexibility index (Phi) is 3.92. The van der Waals surface area contributed by atoms with Gasteiger partial charge in [0, 0.05) is 24.7 Å². The molecule has 3 heteroatoms. The van der Waals surface area contributed by atoms with E-state index in [1.807, 2.05) is 44.1 Å². The maximum Gasteiger partial charge on any atom is 0.0907 e. The fourth-order valence-corrected chi connectivity index (χ4v) is 1.43. The smallest absolute Gasteiger partial charge is 0.0907 e. The predicted molar refractivity (Wildman–Crippen MR) is 67.4 cm³/mol. The first kappa shape index (κ1) is 11.8. The zero-order chi connectivity index (χ0) is 11.4. The van der Waals surface area contributed by atoms with Crippen molar-refractivity contribution in [1.29, 1.82) is 0 Å². The van der Waals surface area contributed by atoms with Gasteiger partial charge in [-0.3, -0.25) is 0 Å². The third kappa shape index (κ3) is 3.40. The zero-order valence-electron chi connectivity index (χ0n) is 9.29. The summed E-state index contributed by atoms with van der Waals surface area (Å²) in [5.74, 6) is 0. The first-order valence-electron chi connectivity index (χ1n) is 4.67. The van der Waals surface area contributed by atoms with Gasteiger partial charge in [-0.2, -0.15) is 0 Å². The molecule has 0 saturated carbocycles. The number of aliphatic imine (C=N–C) groups is 1. The second-order valence-electron chi connectivity index (χ2n) is 3.61. The lowest BCUT2D eigenvalue weighted by Crippen LogP contribution is -2.07. The molecular formula is C12H15ClN2. The fraction of sp³-hybridized carbons (Fsp3) is 0.250. The minimum absolute atomic E-state index is 0.737. The lowest BCUT2D eigenvalue weighted by Gasteiger charge is -2.07. The second kappa shape index (κ2) is 4.99. The number of aryl methyl sites for hydroxylation is 1. The summed E-state index contributed by atoms with van der Waals surface area (Å²) >= 11 is 5.87. The number of rotatable bonds is 3. The summed E-state index contributed by atoms with van der Waals surface area (Å²) in [7, 11) is 3.84. The van der Waals surface area contributed by atoms with Gasteiger partial charge >= 0.3 is 0 Å². The predicted octanol–water partition coefficient (Wildman–Crippen LogP) is 3.21. The SMILES string of the molecule is C=C(/N=C\N(C)C)c1ccc(Cl)cc1C. The third-order valence-electron chi connectivity index (χ3n) is 1.94. The topological polar surface area (TPSA) is 15.6 Å². The molecule has 15 heavy (non-hydrogen) atoms. The van der Waals surface area contributed by atoms with Crippen LogP contribution in [-0.4, -0.2) is 25.3 Å². The van der Waals surface area contributed by atoms with Gasteiger partial charge in [0.2, 0.25) is 0 Å². The van der Waals surface area contributed by atoms with Crippen LogP contribution in [0.15, 0.2) is 29.8 Å². The van der Waals surface area contributed by atoms with Crippen LogP contribution in [0.4, 0.5) is 0 Å². The van der Waals surface area contributed by atoms with E-state index in [0.29, 0.717) is 0 Å². The molecule has 1 aromatic rings. The van der Waals surface area contributed by atoms with Crippen LogP contribution < -0.4 is 0 Å². The van der Waals surface area contributed by atoms with E-state index in [4.69, 9.17) is 11.6 Å². The van der Waals surface area contributed by atoms with Crippen LogP contribution in [0.5, 0.6) is 0 Å². The molecule has 0 spiro atoms. The van der Waals surface area contributed by atoms with Crippen LogP contribution in [0.1, 0.15) is 11.1 Å². The van der Waals surface area contributed by atoms with E-state index in [0.717, 1.165) is 21.8 Å². The van der Waals surface area contributed by atoms with E-state index in [2.05, 4.69) is 11.6 Å². The van der Waals surface area contributed by atoms with E-state index in [9.17, 15) is 0 Å². The van der Waals surface area contributed by atoms with Crippen LogP contribution in [-0.2, 0) is 0 Å². The Hall–Kier alpha value is -1.28. The summed E-state index contributed by atoms with van der Waals surface area (Å²) in [6, 6.07) is 5.69. The summed E-state index contributed by atoms with van der Waals surface area (Å²) in [4.78, 5) is 6.12. The summed E-state index contributed by atoms with van der Waals surface area (Å²) in [6.07, 6.45) is 1.73. The molecule has 0 bridgehead atoms. The van der Waals surface area contributed by atoms with Crippen LogP contribution in [0.2, 0.25) is 5.02 Å². The highest BCUT2D eigenvalue weighted by molar-refractivity contribution is 6.30. The summed E-state index contributed by atoms with van der Waals surface area (Å²) in [5, 5.41) is 0.737. The summed E-state index contributed by atoms with van der Waals surface area (Å²) in [6.45, 7) is 5.92. The van der Waals surface area contributed by atoms with Gasteiger partial charge in [-0.05, 0) is 24.6 Å². The van der Waals surface area contributed by atoms with Crippen molar-refractivity contribution in [2.45, 2.75) is 6.92 Å². The Morgan fingerprint density at radius 3 is 2.67 bits per heavy atom. The zero-order valence-corrected chi connectivity index (χ0v) is 10.0. The third-order valence-corrected chi connectivity index (χ3v) is 2.18. The maximum atomic E-state index is 5.87. The number of hydrogen-bond donors (Lipinski definition) is 0. The van der Waals surface area contributed by atoms with Crippen LogP contribution in [0, 0.1) is 6.92 Å². The average Bonchev–Trinajstić information content (AvgIpc) is 2.14. The Bertz CT molecular complexity index is 395. The van der Waals surface area contributed by atoms with Crippen molar-refractivity contribution in [2.75, 3.05) is 14.1 Å². The standard InChI is InChI=1S/C12H15ClN2/c1-9-7-11(13)5-6-12(9)10(2)14-8-15(3)4/h5-8H,2H2,1,3-4H3/b14-8-. The molecule has 0 N–H and O–H groups in total. The van der Waals surface area contributed by atoms with E-state index >= 15 is 0 Å². The van der Waals surface area contributed by atoms with E-state index in [1.54, 1.807) is 6.34 Å². The molecule has 0 heterocycles. The molecular weight excluding hydrogens is 208 g/mol. The highest BCUT2D eigenvalue weighted by Gasteiger charge is 2.01. The van der Waals surface area contributed by atoms with Gasteiger partial charge in [-0.1, -0.05) is 24.2 Å². The minimum Gasteiger partial charge on any atom is -0.369 e. The van der Waals surface area contributed by atoms with Crippen molar-refractivity contribution in [3.8, 4) is 0 Å². The van der Waals surface area contributed by atoms with E-state index in [1.165, 1.54) is 0 Å². The molecule has 1 rings (SSSR count). The molecule has 2 nitrogen and oxygen atoms in total. The number of hydrogen-bond acceptors (Lipinski definition) is 1. The van der Waals surface area contributed by atoms with Crippen LogP contribution >= 0.6 is 11.6 Å². The lowest BCUT2D eigenvalue weighted by molar-refractivity contribution is 0.643. The highest BCUT2D eigenvalue weighted by atomic mass is 35.5. The van der Waals surface area contributed by atoms with Gasteiger partial charge in [0.25, 0.3) is 0 Å². The van der Waals surface area contributed by atoms with Crippen molar-refractivity contribution in [1.82, 2.24) is 4.90 Å². The molecule has 0 amide bonds. The van der Waals surface area contributed by atoms with Crippen molar-refractivity contribution < 1.29 is 0 Å². The normalized spacial score (nSPS) is 10.7. The summed E-state index contributed by atoms with van der Waals surface area (Å²) in [5.41, 5.74) is 2.86. The number of halogens is 1. The lowest BCUT2D eigenvalue weighted by atomic mass is 10.1.